The average molecular weight is 349 g/mol. The molecule has 0 aliphatic carbocycles. The van der Waals surface area contributed by atoms with Gasteiger partial charge in [0, 0.05) is 10.2 Å². The summed E-state index contributed by atoms with van der Waals surface area (Å²) >= 11 is 3.45. The van der Waals surface area contributed by atoms with Crippen molar-refractivity contribution in [3.05, 3.63) is 51.3 Å². The minimum Gasteiger partial charge on any atom is -0.294 e. The van der Waals surface area contributed by atoms with Crippen molar-refractivity contribution in [2.45, 2.75) is 46.0 Å². The SMILES string of the molecule is CC(=O)c1c(CCCCCc2ccc(Br)cc2)n[nH]c1C. The maximum absolute atomic E-state index is 11.6. The van der Waals surface area contributed by atoms with Gasteiger partial charge in [-0.25, -0.2) is 0 Å². The third-order valence-electron chi connectivity index (χ3n) is 3.67. The van der Waals surface area contributed by atoms with Crippen LogP contribution in [0.4, 0.5) is 0 Å². The molecule has 0 aliphatic rings. The Bertz CT molecular complexity index is 602. The van der Waals surface area contributed by atoms with Crippen LogP contribution in [0.2, 0.25) is 0 Å². The summed E-state index contributed by atoms with van der Waals surface area (Å²) in [5, 5.41) is 7.17. The Balaban J connectivity index is 1.75. The van der Waals surface area contributed by atoms with E-state index in [0.717, 1.165) is 47.1 Å². The zero-order chi connectivity index (χ0) is 15.2. The number of nitrogens with one attached hydrogen (secondary N) is 1. The van der Waals surface area contributed by atoms with E-state index in [1.165, 1.54) is 12.0 Å². The number of carbonyl (C=O) groups excluding carboxylic acids is 1. The molecule has 1 aromatic heterocycles. The molecule has 0 bridgehead atoms. The van der Waals surface area contributed by atoms with Crippen molar-refractivity contribution in [1.82, 2.24) is 10.2 Å². The van der Waals surface area contributed by atoms with Crippen LogP contribution >= 0.6 is 15.9 Å². The molecule has 0 radical (unpaired) electrons. The van der Waals surface area contributed by atoms with Gasteiger partial charge in [-0.15, -0.1) is 0 Å². The van der Waals surface area contributed by atoms with E-state index in [-0.39, 0.29) is 5.78 Å². The number of hydrogen-bond donors (Lipinski definition) is 1. The number of carbonyl (C=O) groups is 1. The molecule has 0 fully saturated rings. The van der Waals surface area contributed by atoms with Gasteiger partial charge in [0.2, 0.25) is 0 Å². The van der Waals surface area contributed by atoms with Crippen LogP contribution in [0.25, 0.3) is 0 Å². The van der Waals surface area contributed by atoms with Crippen LogP contribution in [0.15, 0.2) is 28.7 Å². The van der Waals surface area contributed by atoms with Gasteiger partial charge in [-0.2, -0.15) is 5.10 Å². The van der Waals surface area contributed by atoms with Gasteiger partial charge in [0.15, 0.2) is 5.78 Å². The lowest BCUT2D eigenvalue weighted by molar-refractivity contribution is 0.101. The first-order valence-corrected chi connectivity index (χ1v) is 8.16. The third kappa shape index (κ3) is 4.53. The van der Waals surface area contributed by atoms with Crippen molar-refractivity contribution in [2.75, 3.05) is 0 Å². The van der Waals surface area contributed by atoms with Gasteiger partial charge in [0.05, 0.1) is 11.3 Å². The predicted octanol–water partition coefficient (Wildman–Crippen LogP) is 4.64. The Morgan fingerprint density at radius 3 is 2.48 bits per heavy atom. The number of unbranched alkanes of at least 4 members (excludes halogenated alkanes) is 2. The van der Waals surface area contributed by atoms with E-state index in [1.54, 1.807) is 6.92 Å². The normalized spacial score (nSPS) is 10.8. The first-order chi connectivity index (χ1) is 10.1. The summed E-state index contributed by atoms with van der Waals surface area (Å²) in [5.41, 5.74) is 3.96. The molecule has 21 heavy (non-hydrogen) atoms. The second-order valence-electron chi connectivity index (χ2n) is 5.41. The van der Waals surface area contributed by atoms with E-state index in [9.17, 15) is 4.79 Å². The van der Waals surface area contributed by atoms with Crippen LogP contribution in [0, 0.1) is 6.92 Å². The van der Waals surface area contributed by atoms with Crippen LogP contribution < -0.4 is 0 Å². The number of ketones is 1. The van der Waals surface area contributed by atoms with E-state index in [2.05, 4.69) is 50.4 Å². The molecule has 1 N–H and O–H groups in total. The molecule has 112 valence electrons. The summed E-state index contributed by atoms with van der Waals surface area (Å²) in [5.74, 6) is 0.103. The number of halogens is 1. The molecule has 0 amide bonds. The molecule has 1 heterocycles. The highest BCUT2D eigenvalue weighted by Gasteiger charge is 2.13. The van der Waals surface area contributed by atoms with Crippen LogP contribution in [0.3, 0.4) is 0 Å². The van der Waals surface area contributed by atoms with Crippen molar-refractivity contribution in [3.8, 4) is 0 Å². The highest BCUT2D eigenvalue weighted by molar-refractivity contribution is 9.10. The van der Waals surface area contributed by atoms with Crippen LogP contribution in [-0.4, -0.2) is 16.0 Å². The molecular formula is C17H21BrN2O. The number of H-pyrrole nitrogens is 1. The third-order valence-corrected chi connectivity index (χ3v) is 4.20. The average Bonchev–Trinajstić information content (AvgIpc) is 2.82. The Hall–Kier alpha value is -1.42. The van der Waals surface area contributed by atoms with E-state index in [4.69, 9.17) is 0 Å². The number of rotatable bonds is 7. The summed E-state index contributed by atoms with van der Waals surface area (Å²) < 4.78 is 1.12. The van der Waals surface area contributed by atoms with Gasteiger partial charge >= 0.3 is 0 Å². The molecule has 0 atom stereocenters. The Morgan fingerprint density at radius 2 is 1.81 bits per heavy atom. The number of hydrogen-bond acceptors (Lipinski definition) is 2. The molecule has 0 aliphatic heterocycles. The molecule has 4 heteroatoms. The summed E-state index contributed by atoms with van der Waals surface area (Å²) in [6.45, 7) is 3.51. The second kappa shape index (κ2) is 7.55. The monoisotopic (exact) mass is 348 g/mol. The van der Waals surface area contributed by atoms with Crippen molar-refractivity contribution in [1.29, 1.82) is 0 Å². The van der Waals surface area contributed by atoms with Crippen LogP contribution in [0.1, 0.15) is 53.5 Å². The summed E-state index contributed by atoms with van der Waals surface area (Å²) in [7, 11) is 0. The minimum atomic E-state index is 0.103. The molecule has 2 rings (SSSR count). The fourth-order valence-electron chi connectivity index (χ4n) is 2.58. The maximum atomic E-state index is 11.6. The fourth-order valence-corrected chi connectivity index (χ4v) is 2.84. The Morgan fingerprint density at radius 1 is 1.14 bits per heavy atom. The first kappa shape index (κ1) is 16.0. The van der Waals surface area contributed by atoms with Gasteiger partial charge in [-0.1, -0.05) is 34.5 Å². The van der Waals surface area contributed by atoms with Crippen molar-refractivity contribution >= 4 is 21.7 Å². The molecule has 0 unspecified atom stereocenters. The number of nitrogens with zero attached hydrogens (tertiary/aromatic N) is 1. The van der Waals surface area contributed by atoms with Crippen molar-refractivity contribution in [2.24, 2.45) is 0 Å². The molecule has 2 aromatic rings. The molecule has 0 saturated carbocycles. The minimum absolute atomic E-state index is 0.103. The van der Waals surface area contributed by atoms with E-state index >= 15 is 0 Å². The van der Waals surface area contributed by atoms with Crippen molar-refractivity contribution in [3.63, 3.8) is 0 Å². The number of aromatic nitrogens is 2. The number of Topliss-reactive ketones (excluding diaryl/α,β-unsaturated/α-hetero) is 1. The van der Waals surface area contributed by atoms with Gasteiger partial charge < -0.3 is 0 Å². The fraction of sp³-hybridized carbons (Fsp3) is 0.412. The highest BCUT2D eigenvalue weighted by Crippen LogP contribution is 2.16. The van der Waals surface area contributed by atoms with Crippen LogP contribution in [-0.2, 0) is 12.8 Å². The van der Waals surface area contributed by atoms with Gasteiger partial charge in [0.25, 0.3) is 0 Å². The lowest BCUT2D eigenvalue weighted by Gasteiger charge is -2.03. The molecule has 3 nitrogen and oxygen atoms in total. The topological polar surface area (TPSA) is 45.8 Å². The largest absolute Gasteiger partial charge is 0.294 e. The van der Waals surface area contributed by atoms with Gasteiger partial charge in [-0.05, 0) is 57.2 Å². The molecular weight excluding hydrogens is 328 g/mol. The van der Waals surface area contributed by atoms with E-state index in [1.807, 2.05) is 6.92 Å². The number of benzene rings is 1. The van der Waals surface area contributed by atoms with E-state index in [0.29, 0.717) is 0 Å². The Labute approximate surface area is 134 Å². The maximum Gasteiger partial charge on any atom is 0.163 e. The summed E-state index contributed by atoms with van der Waals surface area (Å²) in [4.78, 5) is 11.6. The lowest BCUT2D eigenvalue weighted by Crippen LogP contribution is -1.99. The predicted molar refractivity (Wildman–Crippen MR) is 88.7 cm³/mol. The highest BCUT2D eigenvalue weighted by atomic mass is 79.9. The summed E-state index contributed by atoms with van der Waals surface area (Å²) in [6, 6.07) is 8.49. The van der Waals surface area contributed by atoms with Crippen LogP contribution in [0.5, 0.6) is 0 Å². The van der Waals surface area contributed by atoms with Gasteiger partial charge in [0.1, 0.15) is 0 Å². The molecule has 1 aromatic carbocycles. The second-order valence-corrected chi connectivity index (χ2v) is 6.33. The van der Waals surface area contributed by atoms with Gasteiger partial charge in [-0.3, -0.25) is 9.89 Å². The summed E-state index contributed by atoms with van der Waals surface area (Å²) in [6.07, 6.45) is 5.37. The van der Waals surface area contributed by atoms with Crippen molar-refractivity contribution < 1.29 is 4.79 Å². The zero-order valence-corrected chi connectivity index (χ0v) is 14.2. The smallest absolute Gasteiger partial charge is 0.163 e. The number of aryl methyl sites for hydroxylation is 3. The first-order valence-electron chi connectivity index (χ1n) is 7.37. The quantitative estimate of drug-likeness (QED) is 0.585. The standard InChI is InChI=1S/C17H21BrN2O/c1-12-17(13(2)21)16(20-19-12)7-5-3-4-6-14-8-10-15(18)11-9-14/h8-11H,3-7H2,1-2H3,(H,19,20). The Kier molecular flexibility index (Phi) is 5.74. The molecule has 0 saturated heterocycles. The lowest BCUT2D eigenvalue weighted by atomic mass is 10.0. The number of aromatic amines is 1. The zero-order valence-electron chi connectivity index (χ0n) is 12.6. The van der Waals surface area contributed by atoms with E-state index < -0.39 is 0 Å². The molecule has 0 spiro atoms.